The van der Waals surface area contributed by atoms with Gasteiger partial charge in [0.1, 0.15) is 0 Å². The Balaban J connectivity index is 1.61. The van der Waals surface area contributed by atoms with Crippen LogP contribution < -0.4 is 5.32 Å². The Bertz CT molecular complexity index is 513. The van der Waals surface area contributed by atoms with Crippen LogP contribution in [0.25, 0.3) is 0 Å². The van der Waals surface area contributed by atoms with E-state index in [4.69, 9.17) is 0 Å². The first kappa shape index (κ1) is 16.2. The zero-order valence-corrected chi connectivity index (χ0v) is 14.3. The number of carbonyl (C=O) groups excluding carboxylic acids is 1. The van der Waals surface area contributed by atoms with E-state index in [1.165, 1.54) is 6.42 Å². The lowest BCUT2D eigenvalue weighted by atomic mass is 10.0. The van der Waals surface area contributed by atoms with Gasteiger partial charge in [-0.25, -0.2) is 8.42 Å². The topological polar surface area (TPSA) is 66.5 Å². The first-order valence-corrected chi connectivity index (χ1v) is 10.6. The molecule has 0 aromatic rings. The summed E-state index contributed by atoms with van der Waals surface area (Å²) in [6, 6.07) is -0.226. The van der Waals surface area contributed by atoms with Crippen LogP contribution in [0.3, 0.4) is 0 Å². The summed E-state index contributed by atoms with van der Waals surface area (Å²) in [7, 11) is -3.03. The summed E-state index contributed by atoms with van der Waals surface area (Å²) < 4.78 is 24.1. The highest BCUT2D eigenvalue weighted by molar-refractivity contribution is 7.91. The van der Waals surface area contributed by atoms with Crippen LogP contribution >= 0.6 is 0 Å². The Morgan fingerprint density at radius 1 is 1.18 bits per heavy atom. The summed E-state index contributed by atoms with van der Waals surface area (Å²) >= 11 is 0. The molecule has 1 N–H and O–H groups in total. The van der Waals surface area contributed by atoms with Crippen LogP contribution in [0.1, 0.15) is 45.4 Å². The van der Waals surface area contributed by atoms with Crippen molar-refractivity contribution in [2.45, 2.75) is 57.5 Å². The maximum atomic E-state index is 12.4. The Kier molecular flexibility index (Phi) is 4.78. The Hall–Kier alpha value is -0.620. The molecular formula is C16H28N2O3S. The number of amides is 1. The number of nitrogens with one attached hydrogen (secondary N) is 1. The van der Waals surface area contributed by atoms with Gasteiger partial charge in [-0.2, -0.15) is 0 Å². The lowest BCUT2D eigenvalue weighted by Crippen LogP contribution is -2.52. The van der Waals surface area contributed by atoms with Gasteiger partial charge in [0.25, 0.3) is 0 Å². The van der Waals surface area contributed by atoms with E-state index in [0.717, 1.165) is 45.2 Å². The molecule has 0 spiro atoms. The van der Waals surface area contributed by atoms with Crippen molar-refractivity contribution in [2.75, 3.05) is 24.6 Å². The van der Waals surface area contributed by atoms with E-state index in [0.29, 0.717) is 5.92 Å². The van der Waals surface area contributed by atoms with Gasteiger partial charge in [0.2, 0.25) is 5.91 Å². The van der Waals surface area contributed by atoms with Crippen molar-refractivity contribution in [1.82, 2.24) is 10.2 Å². The van der Waals surface area contributed by atoms with Crippen molar-refractivity contribution in [3.05, 3.63) is 0 Å². The molecule has 2 aliphatic heterocycles. The normalized spacial score (nSPS) is 37.9. The summed E-state index contributed by atoms with van der Waals surface area (Å²) in [5, 5.41) is 3.07. The second kappa shape index (κ2) is 6.48. The smallest absolute Gasteiger partial charge is 0.223 e. The molecule has 0 unspecified atom stereocenters. The first-order chi connectivity index (χ1) is 10.5. The molecule has 3 rings (SSSR count). The maximum absolute atomic E-state index is 12.4. The van der Waals surface area contributed by atoms with Gasteiger partial charge in [-0.1, -0.05) is 19.8 Å². The van der Waals surface area contributed by atoms with Crippen molar-refractivity contribution >= 4 is 15.7 Å². The van der Waals surface area contributed by atoms with E-state index in [2.05, 4.69) is 17.1 Å². The van der Waals surface area contributed by atoms with Crippen LogP contribution in [0, 0.1) is 11.8 Å². The number of sulfone groups is 1. The summed E-state index contributed by atoms with van der Waals surface area (Å²) in [4.78, 5) is 14.6. The van der Waals surface area contributed by atoms with Gasteiger partial charge in [-0.3, -0.25) is 9.69 Å². The number of likely N-dealkylation sites (tertiary alicyclic amines) is 1. The van der Waals surface area contributed by atoms with Crippen LogP contribution in [-0.2, 0) is 14.6 Å². The van der Waals surface area contributed by atoms with Crippen LogP contribution in [0.4, 0.5) is 0 Å². The van der Waals surface area contributed by atoms with Gasteiger partial charge in [0, 0.05) is 12.0 Å². The lowest BCUT2D eigenvalue weighted by Gasteiger charge is -2.35. The van der Waals surface area contributed by atoms with Crippen molar-refractivity contribution < 1.29 is 13.2 Å². The molecular weight excluding hydrogens is 300 g/mol. The second-order valence-corrected chi connectivity index (χ2v) is 9.40. The highest BCUT2D eigenvalue weighted by Crippen LogP contribution is 2.42. The average Bonchev–Trinajstić information content (AvgIpc) is 3.18. The van der Waals surface area contributed by atoms with E-state index in [-0.39, 0.29) is 35.4 Å². The van der Waals surface area contributed by atoms with Crippen LogP contribution in [-0.4, -0.2) is 55.9 Å². The van der Waals surface area contributed by atoms with E-state index in [1.54, 1.807) is 0 Å². The minimum atomic E-state index is -3.03. The van der Waals surface area contributed by atoms with Gasteiger partial charge in [-0.15, -0.1) is 0 Å². The largest absolute Gasteiger partial charge is 0.350 e. The molecule has 1 saturated carbocycles. The van der Waals surface area contributed by atoms with Crippen LogP contribution in [0.2, 0.25) is 0 Å². The molecule has 0 aromatic carbocycles. The first-order valence-electron chi connectivity index (χ1n) is 8.75. The molecule has 3 aliphatic rings. The molecule has 126 valence electrons. The quantitative estimate of drug-likeness (QED) is 0.823. The van der Waals surface area contributed by atoms with E-state index < -0.39 is 9.84 Å². The molecule has 22 heavy (non-hydrogen) atoms. The lowest BCUT2D eigenvalue weighted by molar-refractivity contribution is -0.123. The van der Waals surface area contributed by atoms with Gasteiger partial charge < -0.3 is 5.32 Å². The second-order valence-electron chi connectivity index (χ2n) is 7.25. The number of nitrogens with zero attached hydrogens (tertiary/aromatic N) is 1. The van der Waals surface area contributed by atoms with Crippen LogP contribution in [0.15, 0.2) is 0 Å². The average molecular weight is 328 g/mol. The number of hydrogen-bond acceptors (Lipinski definition) is 4. The zero-order chi connectivity index (χ0) is 15.7. The Morgan fingerprint density at radius 2 is 1.91 bits per heavy atom. The predicted octanol–water partition coefficient (Wildman–Crippen LogP) is 1.19. The number of carbonyl (C=O) groups is 1. The fourth-order valence-electron chi connectivity index (χ4n) is 4.13. The predicted molar refractivity (Wildman–Crippen MR) is 86.3 cm³/mol. The molecule has 6 heteroatoms. The van der Waals surface area contributed by atoms with Crippen LogP contribution in [0.5, 0.6) is 0 Å². The number of rotatable bonds is 5. The van der Waals surface area contributed by atoms with E-state index in [9.17, 15) is 13.2 Å². The summed E-state index contributed by atoms with van der Waals surface area (Å²) in [6.45, 7) is 4.08. The highest BCUT2D eigenvalue weighted by atomic mass is 32.2. The van der Waals surface area contributed by atoms with Gasteiger partial charge in [0.15, 0.2) is 9.84 Å². The van der Waals surface area contributed by atoms with Gasteiger partial charge >= 0.3 is 0 Å². The summed E-state index contributed by atoms with van der Waals surface area (Å²) in [6.07, 6.45) is 6.71. The van der Waals surface area contributed by atoms with Crippen molar-refractivity contribution in [2.24, 2.45) is 11.8 Å². The van der Waals surface area contributed by atoms with E-state index in [1.807, 2.05) is 0 Å². The van der Waals surface area contributed by atoms with Gasteiger partial charge in [-0.05, 0) is 44.7 Å². The minimum absolute atomic E-state index is 0.0161. The van der Waals surface area contributed by atoms with Gasteiger partial charge in [0.05, 0.1) is 17.5 Å². The monoisotopic (exact) mass is 328 g/mol. The molecule has 2 heterocycles. The Morgan fingerprint density at radius 3 is 2.59 bits per heavy atom. The van der Waals surface area contributed by atoms with E-state index >= 15 is 0 Å². The number of hydrogen-bond donors (Lipinski definition) is 1. The SMILES string of the molecule is CCC[C@@H]1C[C@@H]1C(=O)N[C@@H]1CS(=O)(=O)C[C@H]1N1CCCCC1. The highest BCUT2D eigenvalue weighted by Gasteiger charge is 2.46. The molecule has 1 aliphatic carbocycles. The molecule has 0 aromatic heterocycles. The molecule has 4 atom stereocenters. The van der Waals surface area contributed by atoms with Crippen molar-refractivity contribution in [3.63, 3.8) is 0 Å². The molecule has 2 saturated heterocycles. The standard InChI is InChI=1S/C16H28N2O3S/c1-2-6-12-9-13(12)16(19)17-14-10-22(20,21)11-15(14)18-7-4-3-5-8-18/h12-15H,2-11H2,1H3,(H,17,19)/t12-,13+,14-,15-/m1/s1. The molecule has 1 amide bonds. The van der Waals surface area contributed by atoms with Crippen molar-refractivity contribution in [1.29, 1.82) is 0 Å². The number of piperidine rings is 1. The fraction of sp³-hybridized carbons (Fsp3) is 0.938. The third kappa shape index (κ3) is 3.65. The maximum Gasteiger partial charge on any atom is 0.223 e. The molecule has 5 nitrogen and oxygen atoms in total. The summed E-state index contributed by atoms with van der Waals surface area (Å²) in [5.41, 5.74) is 0. The fourth-order valence-corrected chi connectivity index (χ4v) is 6.08. The molecule has 0 bridgehead atoms. The third-order valence-corrected chi connectivity index (χ3v) is 7.15. The zero-order valence-electron chi connectivity index (χ0n) is 13.5. The molecule has 0 radical (unpaired) electrons. The Labute approximate surface area is 133 Å². The molecule has 3 fully saturated rings. The third-order valence-electron chi connectivity index (χ3n) is 5.43. The minimum Gasteiger partial charge on any atom is -0.350 e. The summed E-state index contributed by atoms with van der Waals surface area (Å²) in [5.74, 6) is 1.07. The van der Waals surface area contributed by atoms with Crippen molar-refractivity contribution in [3.8, 4) is 0 Å².